The first kappa shape index (κ1) is 25.1. The van der Waals surface area contributed by atoms with Crippen molar-refractivity contribution in [1.29, 1.82) is 5.26 Å². The Hall–Kier alpha value is -2.51. The largest absolute Gasteiger partial charge is 0.496 e. The van der Waals surface area contributed by atoms with Crippen molar-refractivity contribution in [3.8, 4) is 11.8 Å². The van der Waals surface area contributed by atoms with E-state index >= 15 is 0 Å². The van der Waals surface area contributed by atoms with Gasteiger partial charge in [-0.05, 0) is 59.8 Å². The highest BCUT2D eigenvalue weighted by atomic mass is 79.9. The predicted octanol–water partition coefficient (Wildman–Crippen LogP) is 3.33. The SMILES string of the molecule is COC(=O)[C@@H]1C(=O)NC(SCC(=O)N2CCCC[C@H]2C)=C(C#N)[C@@H]1c1ccc(OC)c(Br)c1. The van der Waals surface area contributed by atoms with Gasteiger partial charge in [0.05, 0.1) is 41.1 Å². The molecule has 3 atom stereocenters. The molecule has 0 unspecified atom stereocenters. The molecule has 0 aliphatic carbocycles. The highest BCUT2D eigenvalue weighted by Crippen LogP contribution is 2.42. The molecule has 1 aromatic rings. The quantitative estimate of drug-likeness (QED) is 0.439. The molecule has 2 aliphatic heterocycles. The van der Waals surface area contributed by atoms with Gasteiger partial charge in [0.1, 0.15) is 11.7 Å². The number of allylic oxidation sites excluding steroid dienone is 1. The summed E-state index contributed by atoms with van der Waals surface area (Å²) < 4.78 is 10.8. The number of likely N-dealkylation sites (tertiary alicyclic amines) is 1. The van der Waals surface area contributed by atoms with Crippen LogP contribution in [0.2, 0.25) is 0 Å². The van der Waals surface area contributed by atoms with Crippen LogP contribution >= 0.6 is 27.7 Å². The number of rotatable bonds is 6. The molecule has 8 nitrogen and oxygen atoms in total. The lowest BCUT2D eigenvalue weighted by Gasteiger charge is -2.34. The molecule has 33 heavy (non-hydrogen) atoms. The molecule has 0 saturated carbocycles. The van der Waals surface area contributed by atoms with Gasteiger partial charge >= 0.3 is 5.97 Å². The summed E-state index contributed by atoms with van der Waals surface area (Å²) in [5.74, 6) is -2.76. The normalized spacial score (nSPS) is 22.9. The van der Waals surface area contributed by atoms with E-state index in [1.165, 1.54) is 14.2 Å². The monoisotopic (exact) mass is 535 g/mol. The van der Waals surface area contributed by atoms with Crippen LogP contribution in [0.25, 0.3) is 0 Å². The zero-order valence-electron chi connectivity index (χ0n) is 18.7. The summed E-state index contributed by atoms with van der Waals surface area (Å²) in [7, 11) is 2.73. The molecule has 1 aromatic carbocycles. The number of amides is 2. The number of benzene rings is 1. The number of ether oxygens (including phenoxy) is 2. The summed E-state index contributed by atoms with van der Waals surface area (Å²) >= 11 is 4.54. The zero-order valence-corrected chi connectivity index (χ0v) is 21.1. The van der Waals surface area contributed by atoms with E-state index in [1.807, 2.05) is 11.8 Å². The minimum absolute atomic E-state index is 0.0370. The van der Waals surface area contributed by atoms with Crippen LogP contribution in [-0.4, -0.2) is 55.2 Å². The van der Waals surface area contributed by atoms with Crippen LogP contribution in [0.5, 0.6) is 5.75 Å². The van der Waals surface area contributed by atoms with Crippen molar-refractivity contribution < 1.29 is 23.9 Å². The number of thioether (sulfide) groups is 1. The third-order valence-electron chi connectivity index (χ3n) is 5.98. The molecule has 0 radical (unpaired) electrons. The standard InChI is InChI=1S/C23H26BrN3O5S/c1-13-6-4-5-9-27(13)18(28)12-33-22-15(11-25)19(20(21(29)26-22)23(30)32-3)14-7-8-17(31-2)16(24)10-14/h7-8,10,13,19-20H,4-6,9,12H2,1-3H3,(H,26,29)/t13-,19+,20+/m1/s1. The lowest BCUT2D eigenvalue weighted by molar-refractivity contribution is -0.150. The molecule has 0 spiro atoms. The van der Waals surface area contributed by atoms with Gasteiger partial charge in [-0.15, -0.1) is 0 Å². The average Bonchev–Trinajstić information content (AvgIpc) is 2.81. The number of nitriles is 1. The van der Waals surface area contributed by atoms with Gasteiger partial charge in [-0.3, -0.25) is 14.4 Å². The van der Waals surface area contributed by atoms with E-state index in [4.69, 9.17) is 9.47 Å². The van der Waals surface area contributed by atoms with Crippen LogP contribution in [0.4, 0.5) is 0 Å². The van der Waals surface area contributed by atoms with E-state index in [0.29, 0.717) is 22.3 Å². The second kappa shape index (κ2) is 11.1. The smallest absolute Gasteiger partial charge is 0.319 e. The molecule has 0 bridgehead atoms. The molecule has 2 heterocycles. The number of methoxy groups -OCH3 is 2. The fourth-order valence-electron chi connectivity index (χ4n) is 4.24. The molecule has 1 fully saturated rings. The zero-order chi connectivity index (χ0) is 24.1. The molecular formula is C23H26BrN3O5S. The molecule has 2 aliphatic rings. The number of hydrogen-bond acceptors (Lipinski definition) is 7. The maximum absolute atomic E-state index is 13.0. The lowest BCUT2D eigenvalue weighted by atomic mass is 9.78. The van der Waals surface area contributed by atoms with Crippen molar-refractivity contribution in [1.82, 2.24) is 10.2 Å². The number of carbonyl (C=O) groups is 3. The van der Waals surface area contributed by atoms with Crippen molar-refractivity contribution in [3.63, 3.8) is 0 Å². The summed E-state index contributed by atoms with van der Waals surface area (Å²) in [4.78, 5) is 40.1. The van der Waals surface area contributed by atoms with Gasteiger partial charge < -0.3 is 19.7 Å². The van der Waals surface area contributed by atoms with Crippen molar-refractivity contribution in [3.05, 3.63) is 38.8 Å². The fourth-order valence-corrected chi connectivity index (χ4v) is 5.73. The predicted molar refractivity (Wildman–Crippen MR) is 127 cm³/mol. The van der Waals surface area contributed by atoms with E-state index in [9.17, 15) is 19.6 Å². The van der Waals surface area contributed by atoms with Gasteiger partial charge in [0.2, 0.25) is 11.8 Å². The molecule has 3 rings (SSSR count). The second-order valence-electron chi connectivity index (χ2n) is 7.94. The van der Waals surface area contributed by atoms with E-state index in [1.54, 1.807) is 18.2 Å². The Labute approximate surface area is 205 Å². The van der Waals surface area contributed by atoms with Gasteiger partial charge in [-0.2, -0.15) is 5.26 Å². The first-order chi connectivity index (χ1) is 15.8. The summed E-state index contributed by atoms with van der Waals surface area (Å²) in [5, 5.41) is 13.0. The maximum Gasteiger partial charge on any atom is 0.319 e. The highest BCUT2D eigenvalue weighted by Gasteiger charge is 2.44. The summed E-state index contributed by atoms with van der Waals surface area (Å²) in [6, 6.07) is 7.46. The van der Waals surface area contributed by atoms with Crippen LogP contribution in [0, 0.1) is 17.2 Å². The Morgan fingerprint density at radius 3 is 2.70 bits per heavy atom. The third kappa shape index (κ3) is 5.36. The van der Waals surface area contributed by atoms with Crippen molar-refractivity contribution in [2.45, 2.75) is 38.1 Å². The van der Waals surface area contributed by atoms with Crippen LogP contribution in [-0.2, 0) is 19.1 Å². The van der Waals surface area contributed by atoms with Gasteiger partial charge in [0.15, 0.2) is 0 Å². The number of nitrogens with zero attached hydrogens (tertiary/aromatic N) is 2. The van der Waals surface area contributed by atoms with Gasteiger partial charge in [0, 0.05) is 18.5 Å². The molecule has 1 N–H and O–H groups in total. The van der Waals surface area contributed by atoms with Crippen molar-refractivity contribution in [2.24, 2.45) is 5.92 Å². The molecular weight excluding hydrogens is 510 g/mol. The van der Waals surface area contributed by atoms with Crippen LogP contribution in [0.15, 0.2) is 33.3 Å². The third-order valence-corrected chi connectivity index (χ3v) is 7.60. The number of piperidine rings is 1. The molecule has 10 heteroatoms. The van der Waals surface area contributed by atoms with E-state index in [0.717, 1.165) is 31.0 Å². The average molecular weight is 536 g/mol. The fraction of sp³-hybridized carbons (Fsp3) is 0.478. The van der Waals surface area contributed by atoms with Crippen molar-refractivity contribution >= 4 is 45.5 Å². The van der Waals surface area contributed by atoms with Gasteiger partial charge in [-0.1, -0.05) is 17.8 Å². The minimum atomic E-state index is -1.23. The first-order valence-electron chi connectivity index (χ1n) is 10.6. The number of carbonyl (C=O) groups excluding carboxylic acids is 3. The Balaban J connectivity index is 1.96. The van der Waals surface area contributed by atoms with Crippen molar-refractivity contribution in [2.75, 3.05) is 26.5 Å². The van der Waals surface area contributed by atoms with Crippen LogP contribution < -0.4 is 10.1 Å². The number of hydrogen-bond donors (Lipinski definition) is 1. The Kier molecular flexibility index (Phi) is 8.43. The summed E-state index contributed by atoms with van der Waals surface area (Å²) in [6.07, 6.45) is 3.04. The van der Waals surface area contributed by atoms with Crippen LogP contribution in [0.3, 0.4) is 0 Å². The van der Waals surface area contributed by atoms with Gasteiger partial charge in [0.25, 0.3) is 0 Å². The topological polar surface area (TPSA) is 109 Å². The van der Waals surface area contributed by atoms with E-state index < -0.39 is 23.7 Å². The Morgan fingerprint density at radius 1 is 1.33 bits per heavy atom. The number of nitrogens with one attached hydrogen (secondary N) is 1. The molecule has 0 aromatic heterocycles. The van der Waals surface area contributed by atoms with E-state index in [-0.39, 0.29) is 28.3 Å². The number of halogens is 1. The molecule has 2 amide bonds. The maximum atomic E-state index is 13.0. The lowest BCUT2D eigenvalue weighted by Crippen LogP contribution is -2.45. The minimum Gasteiger partial charge on any atom is -0.496 e. The first-order valence-corrected chi connectivity index (χ1v) is 12.4. The second-order valence-corrected chi connectivity index (χ2v) is 9.78. The highest BCUT2D eigenvalue weighted by molar-refractivity contribution is 9.10. The summed E-state index contributed by atoms with van der Waals surface area (Å²) in [6.45, 7) is 2.74. The van der Waals surface area contributed by atoms with Crippen LogP contribution in [0.1, 0.15) is 37.7 Å². The van der Waals surface area contributed by atoms with Gasteiger partial charge in [-0.25, -0.2) is 0 Å². The Morgan fingerprint density at radius 2 is 2.09 bits per heavy atom. The molecule has 176 valence electrons. The van der Waals surface area contributed by atoms with E-state index in [2.05, 4.69) is 27.3 Å². The summed E-state index contributed by atoms with van der Waals surface area (Å²) in [5.41, 5.74) is 0.796. The Bertz CT molecular complexity index is 1020. The number of esters is 1. The molecule has 1 saturated heterocycles.